The molecule has 4 N–H and O–H groups in total. The number of anilines is 2. The Labute approximate surface area is 166 Å². The lowest BCUT2D eigenvalue weighted by atomic mass is 10.2. The fourth-order valence-electron chi connectivity index (χ4n) is 2.63. The van der Waals surface area contributed by atoms with Crippen LogP contribution in [0.2, 0.25) is 0 Å². The molecule has 0 aliphatic heterocycles. The maximum absolute atomic E-state index is 13.7. The predicted octanol–water partition coefficient (Wildman–Crippen LogP) is 2.35. The second-order valence-corrected chi connectivity index (χ2v) is 6.31. The van der Waals surface area contributed by atoms with Crippen molar-refractivity contribution in [3.05, 3.63) is 59.7 Å². The van der Waals surface area contributed by atoms with Gasteiger partial charge in [0, 0.05) is 11.3 Å². The van der Waals surface area contributed by atoms with Crippen LogP contribution in [0.5, 0.6) is 0 Å². The van der Waals surface area contributed by atoms with Gasteiger partial charge >= 0.3 is 0 Å². The van der Waals surface area contributed by atoms with Crippen LogP contribution in [0.25, 0.3) is 0 Å². The molecule has 0 heterocycles. The molecule has 0 spiro atoms. The lowest BCUT2D eigenvalue weighted by molar-refractivity contribution is -0.123. The molecule has 1 unspecified atom stereocenters. The van der Waals surface area contributed by atoms with Crippen molar-refractivity contribution in [3.8, 4) is 0 Å². The van der Waals surface area contributed by atoms with Gasteiger partial charge in [0.05, 0.1) is 12.6 Å². The van der Waals surface area contributed by atoms with Gasteiger partial charge in [-0.2, -0.15) is 0 Å². The highest BCUT2D eigenvalue weighted by Crippen LogP contribution is 2.18. The number of amides is 3. The summed E-state index contributed by atoms with van der Waals surface area (Å²) < 4.78 is 27.4. The van der Waals surface area contributed by atoms with Crippen molar-refractivity contribution in [1.29, 1.82) is 0 Å². The van der Waals surface area contributed by atoms with E-state index in [1.54, 1.807) is 18.7 Å². The highest BCUT2D eigenvalue weighted by atomic mass is 19.1. The average Bonchev–Trinajstić information content (AvgIpc) is 2.69. The van der Waals surface area contributed by atoms with Crippen molar-refractivity contribution in [2.75, 3.05) is 23.7 Å². The molecule has 2 aromatic rings. The zero-order valence-electron chi connectivity index (χ0n) is 16.0. The fraction of sp³-hybridized carbons (Fsp3) is 0.250. The van der Waals surface area contributed by atoms with Crippen LogP contribution in [0.4, 0.5) is 20.2 Å². The first-order chi connectivity index (χ1) is 13.7. The molecule has 9 heteroatoms. The van der Waals surface area contributed by atoms with Gasteiger partial charge in [0.2, 0.25) is 17.7 Å². The molecule has 0 aromatic heterocycles. The first kappa shape index (κ1) is 22.0. The summed E-state index contributed by atoms with van der Waals surface area (Å²) in [5.74, 6) is -3.38. The molecule has 0 aliphatic rings. The van der Waals surface area contributed by atoms with Gasteiger partial charge in [-0.15, -0.1) is 0 Å². The van der Waals surface area contributed by atoms with E-state index < -0.39 is 35.2 Å². The number of primary amides is 1. The van der Waals surface area contributed by atoms with Crippen molar-refractivity contribution in [1.82, 2.24) is 4.90 Å². The molecule has 0 saturated carbocycles. The smallest absolute Gasteiger partial charge is 0.248 e. The van der Waals surface area contributed by atoms with Gasteiger partial charge in [-0.1, -0.05) is 13.0 Å². The quantitative estimate of drug-likeness (QED) is 0.628. The summed E-state index contributed by atoms with van der Waals surface area (Å²) in [6, 6.07) is 8.61. The highest BCUT2D eigenvalue weighted by Gasteiger charge is 2.23. The van der Waals surface area contributed by atoms with Gasteiger partial charge in [0.1, 0.15) is 17.3 Å². The van der Waals surface area contributed by atoms with Crippen molar-refractivity contribution in [2.24, 2.45) is 5.73 Å². The normalized spacial score (nSPS) is 11.8. The van der Waals surface area contributed by atoms with Gasteiger partial charge in [-0.05, 0) is 49.9 Å². The fourth-order valence-corrected chi connectivity index (χ4v) is 2.63. The molecule has 0 bridgehead atoms. The summed E-state index contributed by atoms with van der Waals surface area (Å²) in [4.78, 5) is 37.3. The number of benzene rings is 2. The van der Waals surface area contributed by atoms with E-state index in [2.05, 4.69) is 10.6 Å². The van der Waals surface area contributed by atoms with E-state index in [0.717, 1.165) is 12.1 Å². The van der Waals surface area contributed by atoms with E-state index in [9.17, 15) is 23.2 Å². The number of nitrogens with one attached hydrogen (secondary N) is 2. The Morgan fingerprint density at radius 1 is 1.03 bits per heavy atom. The summed E-state index contributed by atoms with van der Waals surface area (Å²) >= 11 is 0. The van der Waals surface area contributed by atoms with Gasteiger partial charge in [0.15, 0.2) is 0 Å². The van der Waals surface area contributed by atoms with E-state index >= 15 is 0 Å². The number of rotatable bonds is 8. The summed E-state index contributed by atoms with van der Waals surface area (Å²) in [6.07, 6.45) is 0. The maximum Gasteiger partial charge on any atom is 0.248 e. The van der Waals surface area contributed by atoms with E-state index in [-0.39, 0.29) is 12.5 Å². The van der Waals surface area contributed by atoms with Crippen LogP contribution in [0.15, 0.2) is 42.5 Å². The Morgan fingerprint density at radius 2 is 1.62 bits per heavy atom. The maximum atomic E-state index is 13.7. The van der Waals surface area contributed by atoms with Crippen molar-refractivity contribution >= 4 is 29.1 Å². The first-order valence-electron chi connectivity index (χ1n) is 8.91. The standard InChI is InChI=1S/C20H22F2N4O3/c1-3-26(11-17(27)25-18-15(21)5-4-6-16(18)22)12(2)20(29)24-14-9-7-13(8-10-14)19(23)28/h4-10,12H,3,11H2,1-2H3,(H2,23,28)(H,24,29)(H,25,27). The first-order valence-corrected chi connectivity index (χ1v) is 8.91. The number of likely N-dealkylation sites (N-methyl/N-ethyl adjacent to an activating group) is 1. The molecule has 154 valence electrons. The van der Waals surface area contributed by atoms with Gasteiger partial charge in [-0.3, -0.25) is 19.3 Å². The topological polar surface area (TPSA) is 105 Å². The Morgan fingerprint density at radius 3 is 2.14 bits per heavy atom. The summed E-state index contributed by atoms with van der Waals surface area (Å²) in [6.45, 7) is 3.47. The molecular formula is C20H22F2N4O3. The molecule has 1 atom stereocenters. The number of carbonyl (C=O) groups excluding carboxylic acids is 3. The molecule has 29 heavy (non-hydrogen) atoms. The average molecular weight is 404 g/mol. The number of hydrogen-bond acceptors (Lipinski definition) is 4. The Hall–Kier alpha value is -3.33. The number of nitrogens with zero attached hydrogens (tertiary/aromatic N) is 1. The lowest BCUT2D eigenvalue weighted by Crippen LogP contribution is -2.45. The highest BCUT2D eigenvalue weighted by molar-refractivity contribution is 5.97. The minimum absolute atomic E-state index is 0.237. The second-order valence-electron chi connectivity index (χ2n) is 6.31. The Balaban J connectivity index is 1.99. The summed E-state index contributed by atoms with van der Waals surface area (Å²) in [5.41, 5.74) is 5.41. The number of halogens is 2. The molecule has 2 aromatic carbocycles. The van der Waals surface area contributed by atoms with Crippen LogP contribution < -0.4 is 16.4 Å². The minimum atomic E-state index is -0.883. The zero-order valence-corrected chi connectivity index (χ0v) is 16.0. The van der Waals surface area contributed by atoms with Gasteiger partial charge in [-0.25, -0.2) is 8.78 Å². The van der Waals surface area contributed by atoms with Crippen LogP contribution in [-0.2, 0) is 9.59 Å². The number of hydrogen-bond donors (Lipinski definition) is 3. The van der Waals surface area contributed by atoms with Crippen molar-refractivity contribution < 1.29 is 23.2 Å². The third-order valence-electron chi connectivity index (χ3n) is 4.34. The van der Waals surface area contributed by atoms with Gasteiger partial charge in [0.25, 0.3) is 0 Å². The van der Waals surface area contributed by atoms with Gasteiger partial charge < -0.3 is 16.4 Å². The summed E-state index contributed by atoms with van der Waals surface area (Å²) in [7, 11) is 0. The Kier molecular flexibility index (Phi) is 7.38. The molecule has 7 nitrogen and oxygen atoms in total. The molecule has 0 aliphatic carbocycles. The van der Waals surface area contributed by atoms with Crippen molar-refractivity contribution in [2.45, 2.75) is 19.9 Å². The number of carbonyl (C=O) groups is 3. The van der Waals surface area contributed by atoms with Crippen LogP contribution >= 0.6 is 0 Å². The minimum Gasteiger partial charge on any atom is -0.366 e. The monoisotopic (exact) mass is 404 g/mol. The van der Waals surface area contributed by atoms with E-state index in [1.165, 1.54) is 30.3 Å². The molecule has 0 radical (unpaired) electrons. The molecular weight excluding hydrogens is 382 g/mol. The van der Waals surface area contributed by atoms with E-state index in [0.29, 0.717) is 17.8 Å². The van der Waals surface area contributed by atoms with Crippen LogP contribution in [0, 0.1) is 11.6 Å². The molecule has 2 rings (SSSR count). The largest absolute Gasteiger partial charge is 0.366 e. The van der Waals surface area contributed by atoms with E-state index in [1.807, 2.05) is 0 Å². The predicted molar refractivity (Wildman–Crippen MR) is 105 cm³/mol. The van der Waals surface area contributed by atoms with Crippen LogP contribution in [-0.4, -0.2) is 41.8 Å². The number of nitrogens with two attached hydrogens (primary N) is 1. The molecule has 0 fully saturated rings. The molecule has 3 amide bonds. The van der Waals surface area contributed by atoms with E-state index in [4.69, 9.17) is 5.73 Å². The summed E-state index contributed by atoms with van der Waals surface area (Å²) in [5, 5.41) is 4.88. The SMILES string of the molecule is CCN(CC(=O)Nc1c(F)cccc1F)C(C)C(=O)Nc1ccc(C(N)=O)cc1. The third-order valence-corrected chi connectivity index (χ3v) is 4.34. The molecule has 0 saturated heterocycles. The second kappa shape index (κ2) is 9.74. The Bertz CT molecular complexity index is 883. The third kappa shape index (κ3) is 5.82. The number of para-hydroxylation sites is 1. The zero-order chi connectivity index (χ0) is 21.6. The van der Waals surface area contributed by atoms with Crippen LogP contribution in [0.3, 0.4) is 0 Å². The lowest BCUT2D eigenvalue weighted by Gasteiger charge is -2.26. The van der Waals surface area contributed by atoms with Crippen LogP contribution in [0.1, 0.15) is 24.2 Å². The van der Waals surface area contributed by atoms with Crippen molar-refractivity contribution in [3.63, 3.8) is 0 Å².